The minimum absolute atomic E-state index is 0.00940. The molecule has 9 nitrogen and oxygen atoms in total. The van der Waals surface area contributed by atoms with Crippen LogP contribution in [-0.4, -0.2) is 61.1 Å². The molecule has 28 heavy (non-hydrogen) atoms. The van der Waals surface area contributed by atoms with Gasteiger partial charge in [-0.05, 0) is 36.3 Å². The number of carbonyl (C=O) groups excluding carboxylic acids is 1. The van der Waals surface area contributed by atoms with Crippen LogP contribution in [0.2, 0.25) is 0 Å². The van der Waals surface area contributed by atoms with Crippen LogP contribution in [0.1, 0.15) is 36.8 Å². The highest BCUT2D eigenvalue weighted by Gasteiger charge is 2.19. The van der Waals surface area contributed by atoms with Crippen molar-refractivity contribution in [3.63, 3.8) is 0 Å². The number of pyridine rings is 1. The van der Waals surface area contributed by atoms with Crippen LogP contribution in [0, 0.1) is 13.8 Å². The van der Waals surface area contributed by atoms with E-state index in [1.165, 1.54) is 0 Å². The number of carbonyl (C=O) groups is 1. The predicted octanol–water partition coefficient (Wildman–Crippen LogP) is 1.81. The summed E-state index contributed by atoms with van der Waals surface area (Å²) in [7, 11) is 0. The molecule has 0 fully saturated rings. The molecule has 0 aromatic carbocycles. The Hall–Kier alpha value is -2.26. The molecule has 1 N–H and O–H groups in total. The van der Waals surface area contributed by atoms with Gasteiger partial charge in [0, 0.05) is 37.5 Å². The number of imidazole rings is 1. The Balaban J connectivity index is 1.66. The molecule has 0 saturated carbocycles. The average molecular weight is 408 g/mol. The van der Waals surface area contributed by atoms with Crippen LogP contribution in [0.5, 0.6) is 0 Å². The van der Waals surface area contributed by atoms with Gasteiger partial charge >= 0.3 is 0 Å². The summed E-state index contributed by atoms with van der Waals surface area (Å²) in [5, 5.41) is 14.8. The molecule has 0 aliphatic rings. The Morgan fingerprint density at radius 2 is 2.11 bits per heavy atom. The molecular weight excluding hydrogens is 382 g/mol. The van der Waals surface area contributed by atoms with Crippen molar-refractivity contribution < 1.29 is 9.53 Å². The van der Waals surface area contributed by atoms with Gasteiger partial charge in [-0.2, -0.15) is 4.52 Å². The minimum Gasteiger partial charge on any atom is -0.378 e. The zero-order chi connectivity index (χ0) is 20.1. The lowest BCUT2D eigenvalue weighted by Gasteiger charge is -2.12. The summed E-state index contributed by atoms with van der Waals surface area (Å²) in [6, 6.07) is 0. The van der Waals surface area contributed by atoms with Crippen LogP contribution >= 0.6 is 11.6 Å². The highest BCUT2D eigenvalue weighted by atomic mass is 35.5. The molecule has 3 heterocycles. The zero-order valence-electron chi connectivity index (χ0n) is 16.5. The van der Waals surface area contributed by atoms with E-state index < -0.39 is 0 Å². The number of fused-ring (bicyclic) bond motifs is 3. The first-order valence-electron chi connectivity index (χ1n) is 9.55. The fourth-order valence-corrected chi connectivity index (χ4v) is 3.41. The quantitative estimate of drug-likeness (QED) is 0.406. The number of hydrogen-bond donors (Lipinski definition) is 1. The third-order valence-corrected chi connectivity index (χ3v) is 5.09. The fourth-order valence-electron chi connectivity index (χ4n) is 3.27. The van der Waals surface area contributed by atoms with E-state index in [4.69, 9.17) is 21.3 Å². The maximum absolute atomic E-state index is 11.5. The van der Waals surface area contributed by atoms with Crippen molar-refractivity contribution in [2.45, 2.75) is 46.6 Å². The molecule has 0 bridgehead atoms. The second-order valence-electron chi connectivity index (χ2n) is 6.61. The van der Waals surface area contributed by atoms with E-state index in [0.717, 1.165) is 34.5 Å². The third kappa shape index (κ3) is 4.10. The van der Waals surface area contributed by atoms with Crippen LogP contribution in [0.25, 0.3) is 16.7 Å². The Morgan fingerprint density at radius 1 is 1.29 bits per heavy atom. The maximum Gasteiger partial charge on any atom is 0.220 e. The van der Waals surface area contributed by atoms with Crippen molar-refractivity contribution >= 4 is 34.2 Å². The molecule has 3 aromatic heterocycles. The monoisotopic (exact) mass is 407 g/mol. The fraction of sp³-hybridized carbons (Fsp3) is 0.611. The van der Waals surface area contributed by atoms with Crippen LogP contribution in [0.15, 0.2) is 0 Å². The van der Waals surface area contributed by atoms with E-state index >= 15 is 0 Å². The molecule has 0 aliphatic heterocycles. The van der Waals surface area contributed by atoms with Crippen LogP contribution in [0.4, 0.5) is 0 Å². The van der Waals surface area contributed by atoms with E-state index in [1.807, 2.05) is 6.92 Å². The summed E-state index contributed by atoms with van der Waals surface area (Å²) in [4.78, 5) is 16.3. The summed E-state index contributed by atoms with van der Waals surface area (Å²) >= 11 is 5.59. The normalized spacial score (nSPS) is 11.6. The van der Waals surface area contributed by atoms with Gasteiger partial charge in [-0.3, -0.25) is 4.79 Å². The number of aryl methyl sites for hydroxylation is 3. The molecule has 0 aliphatic carbocycles. The van der Waals surface area contributed by atoms with E-state index in [9.17, 15) is 4.79 Å². The van der Waals surface area contributed by atoms with E-state index in [2.05, 4.69) is 39.3 Å². The SMILES string of the molecule is CCc1nc2c(c(C)c(C)n3nnnc23)n1CCOCCNC(=O)CCCCl. The maximum atomic E-state index is 11.5. The number of halogens is 1. The molecule has 1 amide bonds. The van der Waals surface area contributed by atoms with Gasteiger partial charge in [0.1, 0.15) is 11.3 Å². The Morgan fingerprint density at radius 3 is 2.86 bits per heavy atom. The predicted molar refractivity (Wildman–Crippen MR) is 107 cm³/mol. The van der Waals surface area contributed by atoms with Gasteiger partial charge in [-0.25, -0.2) is 4.98 Å². The van der Waals surface area contributed by atoms with E-state index in [0.29, 0.717) is 50.7 Å². The van der Waals surface area contributed by atoms with Crippen LogP contribution < -0.4 is 5.32 Å². The molecule has 152 valence electrons. The largest absolute Gasteiger partial charge is 0.378 e. The highest BCUT2D eigenvalue weighted by Crippen LogP contribution is 2.26. The van der Waals surface area contributed by atoms with Gasteiger partial charge in [-0.1, -0.05) is 6.92 Å². The average Bonchev–Trinajstić information content (AvgIpc) is 3.31. The molecule has 3 rings (SSSR count). The topological polar surface area (TPSA) is 99.2 Å². The van der Waals surface area contributed by atoms with Crippen LogP contribution in [-0.2, 0) is 22.5 Å². The van der Waals surface area contributed by atoms with E-state index in [1.54, 1.807) is 4.52 Å². The third-order valence-electron chi connectivity index (χ3n) is 4.83. The number of hydrogen-bond acceptors (Lipinski definition) is 6. The zero-order valence-corrected chi connectivity index (χ0v) is 17.3. The Bertz CT molecular complexity index is 966. The van der Waals surface area contributed by atoms with E-state index in [-0.39, 0.29) is 5.91 Å². The first-order valence-corrected chi connectivity index (χ1v) is 10.1. The van der Waals surface area contributed by atoms with Crippen molar-refractivity contribution in [3.8, 4) is 0 Å². The number of tetrazole rings is 1. The van der Waals surface area contributed by atoms with Crippen LogP contribution in [0.3, 0.4) is 0 Å². The molecular formula is C18H26ClN7O2. The summed E-state index contributed by atoms with van der Waals surface area (Å²) in [6.07, 6.45) is 1.95. The highest BCUT2D eigenvalue weighted by molar-refractivity contribution is 6.17. The van der Waals surface area contributed by atoms with Crippen molar-refractivity contribution in [1.29, 1.82) is 0 Å². The standard InChI is InChI=1S/C18H26ClN7O2/c1-4-14-21-16-17(12(2)13(3)26-18(16)22-23-24-26)25(14)9-11-28-10-8-20-15(27)6-5-7-19/h4-11H2,1-3H3,(H,20,27). The molecule has 0 radical (unpaired) electrons. The Kier molecular flexibility index (Phi) is 6.79. The molecule has 0 saturated heterocycles. The number of aromatic nitrogens is 6. The molecule has 0 unspecified atom stereocenters. The second-order valence-corrected chi connectivity index (χ2v) is 6.99. The van der Waals surface area contributed by atoms with Crippen molar-refractivity contribution in [3.05, 3.63) is 17.1 Å². The number of rotatable bonds is 10. The van der Waals surface area contributed by atoms with Crippen molar-refractivity contribution in [2.24, 2.45) is 0 Å². The number of amides is 1. The minimum atomic E-state index is 0.00940. The summed E-state index contributed by atoms with van der Waals surface area (Å²) < 4.78 is 9.64. The Labute approximate surface area is 168 Å². The first-order chi connectivity index (χ1) is 13.6. The van der Waals surface area contributed by atoms with Gasteiger partial charge in [0.05, 0.1) is 18.7 Å². The molecule has 0 spiro atoms. The van der Waals surface area contributed by atoms with Crippen molar-refractivity contribution in [1.82, 2.24) is 34.9 Å². The number of alkyl halides is 1. The summed E-state index contributed by atoms with van der Waals surface area (Å²) in [5.74, 6) is 1.49. The number of ether oxygens (including phenoxy) is 1. The number of nitrogens with zero attached hydrogens (tertiary/aromatic N) is 6. The van der Waals surface area contributed by atoms with Gasteiger partial charge in [0.2, 0.25) is 11.6 Å². The van der Waals surface area contributed by atoms with Crippen molar-refractivity contribution in [2.75, 3.05) is 25.6 Å². The molecule has 10 heteroatoms. The van der Waals surface area contributed by atoms with Gasteiger partial charge in [-0.15, -0.1) is 16.7 Å². The lowest BCUT2D eigenvalue weighted by atomic mass is 10.2. The lowest BCUT2D eigenvalue weighted by molar-refractivity contribution is -0.121. The van der Waals surface area contributed by atoms with Gasteiger partial charge < -0.3 is 14.6 Å². The first kappa shape index (κ1) is 20.5. The lowest BCUT2D eigenvalue weighted by Crippen LogP contribution is -2.27. The summed E-state index contributed by atoms with van der Waals surface area (Å²) in [5.41, 5.74) is 4.64. The van der Waals surface area contributed by atoms with Gasteiger partial charge in [0.25, 0.3) is 0 Å². The smallest absolute Gasteiger partial charge is 0.220 e. The van der Waals surface area contributed by atoms with Gasteiger partial charge in [0.15, 0.2) is 0 Å². The molecule has 0 atom stereocenters. The second kappa shape index (κ2) is 9.29. The number of nitrogens with one attached hydrogen (secondary N) is 1. The molecule has 3 aromatic rings. The summed E-state index contributed by atoms with van der Waals surface area (Å²) in [6.45, 7) is 8.32.